The maximum atomic E-state index is 5.42. The summed E-state index contributed by atoms with van der Waals surface area (Å²) in [4.78, 5) is 0. The van der Waals surface area contributed by atoms with Crippen LogP contribution in [0.15, 0.2) is 24.3 Å². The van der Waals surface area contributed by atoms with Gasteiger partial charge >= 0.3 is 0 Å². The van der Waals surface area contributed by atoms with E-state index in [1.165, 1.54) is 31.2 Å². The van der Waals surface area contributed by atoms with Crippen molar-refractivity contribution in [2.45, 2.75) is 45.2 Å². The monoisotopic (exact) mass is 255 g/mol. The van der Waals surface area contributed by atoms with Crippen molar-refractivity contribution < 1.29 is 4.74 Å². The summed E-state index contributed by atoms with van der Waals surface area (Å²) in [5.41, 5.74) is 1.34. The van der Waals surface area contributed by atoms with E-state index in [0.717, 1.165) is 24.9 Å². The highest BCUT2D eigenvalue weighted by atomic mass is 35.5. The zero-order valence-corrected chi connectivity index (χ0v) is 11.3. The molecular formula is C14H22ClNO. The molecule has 1 fully saturated rings. The Kier molecular flexibility index (Phi) is 6.38. The maximum Gasteiger partial charge on any atom is 0.119 e. The first kappa shape index (κ1) is 14.3. The fourth-order valence-corrected chi connectivity index (χ4v) is 2.26. The molecule has 0 saturated heterocycles. The molecule has 0 bridgehead atoms. The molecule has 0 amide bonds. The van der Waals surface area contributed by atoms with Crippen LogP contribution in [0.25, 0.3) is 0 Å². The van der Waals surface area contributed by atoms with Crippen LogP contribution in [0.3, 0.4) is 0 Å². The third-order valence-corrected chi connectivity index (χ3v) is 3.18. The van der Waals surface area contributed by atoms with Crippen LogP contribution in [0.1, 0.15) is 38.2 Å². The lowest BCUT2D eigenvalue weighted by Gasteiger charge is -2.12. The third-order valence-electron chi connectivity index (χ3n) is 3.18. The zero-order valence-electron chi connectivity index (χ0n) is 10.4. The van der Waals surface area contributed by atoms with Crippen molar-refractivity contribution in [3.05, 3.63) is 29.8 Å². The first-order valence-corrected chi connectivity index (χ1v) is 6.33. The minimum absolute atomic E-state index is 0. The van der Waals surface area contributed by atoms with E-state index < -0.39 is 0 Å². The maximum absolute atomic E-state index is 5.42. The topological polar surface area (TPSA) is 21.3 Å². The summed E-state index contributed by atoms with van der Waals surface area (Å²) in [6.07, 6.45) is 5.47. The van der Waals surface area contributed by atoms with Gasteiger partial charge in [0.2, 0.25) is 0 Å². The van der Waals surface area contributed by atoms with Gasteiger partial charge in [-0.1, -0.05) is 25.0 Å². The lowest BCUT2D eigenvalue weighted by molar-refractivity contribution is 0.340. The van der Waals surface area contributed by atoms with E-state index >= 15 is 0 Å². The molecule has 3 heteroatoms. The van der Waals surface area contributed by atoms with Crippen LogP contribution in [0, 0.1) is 0 Å². The van der Waals surface area contributed by atoms with Gasteiger partial charge in [-0.25, -0.2) is 0 Å². The average Bonchev–Trinajstić information content (AvgIpc) is 2.82. The quantitative estimate of drug-likeness (QED) is 0.869. The number of hydrogen-bond donors (Lipinski definition) is 1. The van der Waals surface area contributed by atoms with E-state index in [1.807, 2.05) is 6.92 Å². The number of nitrogens with one attached hydrogen (secondary N) is 1. The van der Waals surface area contributed by atoms with Gasteiger partial charge in [0.15, 0.2) is 0 Å². The number of benzene rings is 1. The second-order valence-corrected chi connectivity index (χ2v) is 4.44. The van der Waals surface area contributed by atoms with Gasteiger partial charge < -0.3 is 10.1 Å². The molecule has 0 aliphatic heterocycles. The third kappa shape index (κ3) is 4.57. The molecule has 0 spiro atoms. The Hall–Kier alpha value is -0.730. The fourth-order valence-electron chi connectivity index (χ4n) is 2.26. The predicted molar refractivity (Wildman–Crippen MR) is 74.0 cm³/mol. The standard InChI is InChI=1S/C14H21NO.ClH/c1-2-16-14-9-7-12(8-10-14)11-15-13-5-3-4-6-13;/h7-10,13,15H,2-6,11H2,1H3;1H. The Morgan fingerprint density at radius 3 is 2.41 bits per heavy atom. The van der Waals surface area contributed by atoms with E-state index in [9.17, 15) is 0 Å². The highest BCUT2D eigenvalue weighted by Gasteiger charge is 2.13. The molecule has 96 valence electrons. The Morgan fingerprint density at radius 1 is 1.18 bits per heavy atom. The summed E-state index contributed by atoms with van der Waals surface area (Å²) in [5.74, 6) is 0.965. The van der Waals surface area contributed by atoms with E-state index in [-0.39, 0.29) is 12.4 Å². The van der Waals surface area contributed by atoms with Crippen molar-refractivity contribution in [3.8, 4) is 5.75 Å². The molecule has 0 atom stereocenters. The molecule has 17 heavy (non-hydrogen) atoms. The van der Waals surface area contributed by atoms with E-state index in [0.29, 0.717) is 0 Å². The van der Waals surface area contributed by atoms with Gasteiger partial charge in [-0.05, 0) is 37.5 Å². The van der Waals surface area contributed by atoms with Gasteiger partial charge in [-0.3, -0.25) is 0 Å². The summed E-state index contributed by atoms with van der Waals surface area (Å²) in [6.45, 7) is 3.73. The number of ether oxygens (including phenoxy) is 1. The zero-order chi connectivity index (χ0) is 11.2. The van der Waals surface area contributed by atoms with Crippen LogP contribution in [0.5, 0.6) is 5.75 Å². The first-order valence-electron chi connectivity index (χ1n) is 6.33. The van der Waals surface area contributed by atoms with Crippen LogP contribution in [-0.4, -0.2) is 12.6 Å². The number of hydrogen-bond acceptors (Lipinski definition) is 2. The first-order chi connectivity index (χ1) is 7.88. The summed E-state index contributed by atoms with van der Waals surface area (Å²) in [5, 5.41) is 3.61. The molecular weight excluding hydrogens is 234 g/mol. The molecule has 0 unspecified atom stereocenters. The number of halogens is 1. The fraction of sp³-hybridized carbons (Fsp3) is 0.571. The van der Waals surface area contributed by atoms with Crippen molar-refractivity contribution >= 4 is 12.4 Å². The van der Waals surface area contributed by atoms with Crippen LogP contribution in [0.2, 0.25) is 0 Å². The van der Waals surface area contributed by atoms with Crippen LogP contribution in [-0.2, 0) is 6.54 Å². The lowest BCUT2D eigenvalue weighted by atomic mass is 10.2. The second-order valence-electron chi connectivity index (χ2n) is 4.44. The molecule has 1 aliphatic rings. The molecule has 0 radical (unpaired) electrons. The highest BCUT2D eigenvalue weighted by Crippen LogP contribution is 2.18. The Balaban J connectivity index is 0.00000144. The second kappa shape index (κ2) is 7.57. The predicted octanol–water partition coefficient (Wildman–Crippen LogP) is 3.54. The van der Waals surface area contributed by atoms with E-state index in [4.69, 9.17) is 4.74 Å². The largest absolute Gasteiger partial charge is 0.494 e. The average molecular weight is 256 g/mol. The lowest BCUT2D eigenvalue weighted by Crippen LogP contribution is -2.25. The van der Waals surface area contributed by atoms with Gasteiger partial charge in [-0.15, -0.1) is 12.4 Å². The Labute approximate surface area is 110 Å². The molecule has 0 aromatic heterocycles. The van der Waals surface area contributed by atoms with Crippen LogP contribution < -0.4 is 10.1 Å². The van der Waals surface area contributed by atoms with Crippen molar-refractivity contribution in [2.75, 3.05) is 6.61 Å². The summed E-state index contributed by atoms with van der Waals surface area (Å²) < 4.78 is 5.42. The van der Waals surface area contributed by atoms with E-state index in [1.54, 1.807) is 0 Å². The smallest absolute Gasteiger partial charge is 0.119 e. The molecule has 1 aromatic carbocycles. The highest BCUT2D eigenvalue weighted by molar-refractivity contribution is 5.85. The molecule has 1 N–H and O–H groups in total. The van der Waals surface area contributed by atoms with Crippen LogP contribution in [0.4, 0.5) is 0 Å². The van der Waals surface area contributed by atoms with Crippen LogP contribution >= 0.6 is 12.4 Å². The Morgan fingerprint density at radius 2 is 1.82 bits per heavy atom. The SMILES string of the molecule is CCOc1ccc(CNC2CCCC2)cc1.Cl. The molecule has 0 heterocycles. The molecule has 1 aliphatic carbocycles. The summed E-state index contributed by atoms with van der Waals surface area (Å²) >= 11 is 0. The Bertz CT molecular complexity index is 307. The summed E-state index contributed by atoms with van der Waals surface area (Å²) in [7, 11) is 0. The van der Waals surface area contributed by atoms with E-state index in [2.05, 4.69) is 29.6 Å². The van der Waals surface area contributed by atoms with Crippen molar-refractivity contribution in [2.24, 2.45) is 0 Å². The summed E-state index contributed by atoms with van der Waals surface area (Å²) in [6, 6.07) is 9.14. The van der Waals surface area contributed by atoms with Gasteiger partial charge in [-0.2, -0.15) is 0 Å². The van der Waals surface area contributed by atoms with Gasteiger partial charge in [0, 0.05) is 12.6 Å². The van der Waals surface area contributed by atoms with Crippen molar-refractivity contribution in [1.82, 2.24) is 5.32 Å². The normalized spacial score (nSPS) is 15.6. The van der Waals surface area contributed by atoms with Gasteiger partial charge in [0.25, 0.3) is 0 Å². The van der Waals surface area contributed by atoms with Crippen molar-refractivity contribution in [1.29, 1.82) is 0 Å². The molecule has 1 aromatic rings. The number of rotatable bonds is 5. The molecule has 1 saturated carbocycles. The molecule has 2 rings (SSSR count). The van der Waals surface area contributed by atoms with Crippen molar-refractivity contribution in [3.63, 3.8) is 0 Å². The minimum Gasteiger partial charge on any atom is -0.494 e. The van der Waals surface area contributed by atoms with Gasteiger partial charge in [0.1, 0.15) is 5.75 Å². The van der Waals surface area contributed by atoms with Gasteiger partial charge in [0.05, 0.1) is 6.61 Å². The molecule has 2 nitrogen and oxygen atoms in total. The minimum atomic E-state index is 0.